The molecule has 5 nitrogen and oxygen atoms in total. The maximum atomic E-state index is 5.99. The average Bonchev–Trinajstić information content (AvgIpc) is 2.99. The van der Waals surface area contributed by atoms with Crippen molar-refractivity contribution in [1.82, 2.24) is 14.8 Å². The molecule has 0 radical (unpaired) electrons. The maximum Gasteiger partial charge on any atom is 0.153 e. The largest absolute Gasteiger partial charge is 0.396 e. The number of nitrogen functional groups attached to an aromatic ring is 1. The van der Waals surface area contributed by atoms with E-state index in [1.54, 1.807) is 10.9 Å². The third-order valence-electron chi connectivity index (χ3n) is 2.97. The third-order valence-corrected chi connectivity index (χ3v) is 2.97. The van der Waals surface area contributed by atoms with Gasteiger partial charge in [0.05, 0.1) is 24.2 Å². The van der Waals surface area contributed by atoms with Gasteiger partial charge in [0.2, 0.25) is 0 Å². The predicted molar refractivity (Wildman–Crippen MR) is 63.9 cm³/mol. The van der Waals surface area contributed by atoms with E-state index in [1.807, 2.05) is 24.4 Å². The van der Waals surface area contributed by atoms with Gasteiger partial charge in [0, 0.05) is 18.7 Å². The second-order valence-electron chi connectivity index (χ2n) is 4.16. The van der Waals surface area contributed by atoms with E-state index in [2.05, 4.69) is 10.1 Å². The van der Waals surface area contributed by atoms with Crippen LogP contribution in [-0.2, 0) is 4.74 Å². The molecule has 0 amide bonds. The standard InChI is InChI=1S/C12H14N4O/c13-10-7-16(11-3-1-2-5-14-11)15-12(10)9-4-6-17-8-9/h1-3,5,7,9H,4,6,8,13H2. The van der Waals surface area contributed by atoms with Crippen LogP contribution < -0.4 is 5.73 Å². The molecule has 0 aromatic carbocycles. The molecule has 2 N–H and O–H groups in total. The molecule has 0 saturated carbocycles. The number of pyridine rings is 1. The van der Waals surface area contributed by atoms with E-state index in [0.717, 1.165) is 24.5 Å². The SMILES string of the molecule is Nc1cn(-c2ccccn2)nc1C1CCOC1. The van der Waals surface area contributed by atoms with Crippen LogP contribution in [0.4, 0.5) is 5.69 Å². The average molecular weight is 230 g/mol. The summed E-state index contributed by atoms with van der Waals surface area (Å²) in [7, 11) is 0. The molecule has 1 fully saturated rings. The highest BCUT2D eigenvalue weighted by Crippen LogP contribution is 2.28. The molecule has 3 rings (SSSR count). The lowest BCUT2D eigenvalue weighted by molar-refractivity contribution is 0.193. The molecule has 1 aliphatic heterocycles. The van der Waals surface area contributed by atoms with Gasteiger partial charge in [-0.3, -0.25) is 0 Å². The van der Waals surface area contributed by atoms with Crippen molar-refractivity contribution in [2.45, 2.75) is 12.3 Å². The molecule has 0 spiro atoms. The maximum absolute atomic E-state index is 5.99. The first-order chi connectivity index (χ1) is 8.34. The number of rotatable bonds is 2. The second-order valence-corrected chi connectivity index (χ2v) is 4.16. The highest BCUT2D eigenvalue weighted by atomic mass is 16.5. The van der Waals surface area contributed by atoms with Crippen LogP contribution in [0.3, 0.4) is 0 Å². The van der Waals surface area contributed by atoms with Crippen LogP contribution in [0.1, 0.15) is 18.0 Å². The summed E-state index contributed by atoms with van der Waals surface area (Å²) in [6, 6.07) is 5.71. The fourth-order valence-electron chi connectivity index (χ4n) is 2.07. The fourth-order valence-corrected chi connectivity index (χ4v) is 2.07. The molecule has 5 heteroatoms. The van der Waals surface area contributed by atoms with Crippen LogP contribution in [0.25, 0.3) is 5.82 Å². The van der Waals surface area contributed by atoms with Crippen LogP contribution in [-0.4, -0.2) is 28.0 Å². The molecule has 0 bridgehead atoms. The molecule has 0 aliphatic carbocycles. The van der Waals surface area contributed by atoms with Crippen molar-refractivity contribution in [2.75, 3.05) is 18.9 Å². The van der Waals surface area contributed by atoms with Gasteiger partial charge in [-0.25, -0.2) is 9.67 Å². The van der Waals surface area contributed by atoms with Gasteiger partial charge in [-0.15, -0.1) is 0 Å². The van der Waals surface area contributed by atoms with Crippen LogP contribution in [0, 0.1) is 0 Å². The zero-order valence-electron chi connectivity index (χ0n) is 9.41. The van der Waals surface area contributed by atoms with Crippen molar-refractivity contribution in [2.24, 2.45) is 0 Å². The van der Waals surface area contributed by atoms with Crippen molar-refractivity contribution in [3.05, 3.63) is 36.3 Å². The number of hydrogen-bond donors (Lipinski definition) is 1. The summed E-state index contributed by atoms with van der Waals surface area (Å²) in [5.41, 5.74) is 7.63. The Kier molecular flexibility index (Phi) is 2.53. The molecular formula is C12H14N4O. The molecular weight excluding hydrogens is 216 g/mol. The van der Waals surface area contributed by atoms with E-state index >= 15 is 0 Å². The minimum Gasteiger partial charge on any atom is -0.396 e. The Balaban J connectivity index is 1.95. The molecule has 1 unspecified atom stereocenters. The number of hydrogen-bond acceptors (Lipinski definition) is 4. The molecule has 2 aromatic rings. The van der Waals surface area contributed by atoms with E-state index in [9.17, 15) is 0 Å². The Morgan fingerprint density at radius 3 is 3.06 bits per heavy atom. The summed E-state index contributed by atoms with van der Waals surface area (Å²) in [4.78, 5) is 4.24. The van der Waals surface area contributed by atoms with E-state index < -0.39 is 0 Å². The Hall–Kier alpha value is -1.88. The smallest absolute Gasteiger partial charge is 0.153 e. The van der Waals surface area contributed by atoms with E-state index in [4.69, 9.17) is 10.5 Å². The molecule has 17 heavy (non-hydrogen) atoms. The summed E-state index contributed by atoms with van der Waals surface area (Å²) in [5, 5.41) is 4.51. The molecule has 2 aromatic heterocycles. The molecule has 1 aliphatic rings. The predicted octanol–water partition coefficient (Wildman–Crippen LogP) is 1.35. The number of ether oxygens (including phenoxy) is 1. The highest BCUT2D eigenvalue weighted by molar-refractivity contribution is 5.45. The Morgan fingerprint density at radius 1 is 1.41 bits per heavy atom. The summed E-state index contributed by atoms with van der Waals surface area (Å²) in [6.45, 7) is 1.50. The monoisotopic (exact) mass is 230 g/mol. The van der Waals surface area contributed by atoms with E-state index in [0.29, 0.717) is 18.2 Å². The zero-order valence-corrected chi connectivity index (χ0v) is 9.41. The number of nitrogens with zero attached hydrogens (tertiary/aromatic N) is 3. The Morgan fingerprint density at radius 2 is 2.35 bits per heavy atom. The van der Waals surface area contributed by atoms with Gasteiger partial charge in [-0.2, -0.15) is 5.10 Å². The quantitative estimate of drug-likeness (QED) is 0.845. The fraction of sp³-hybridized carbons (Fsp3) is 0.333. The number of nitrogens with two attached hydrogens (primary N) is 1. The van der Waals surface area contributed by atoms with Crippen molar-refractivity contribution in [3.63, 3.8) is 0 Å². The highest BCUT2D eigenvalue weighted by Gasteiger charge is 2.23. The lowest BCUT2D eigenvalue weighted by Crippen LogP contribution is -2.03. The van der Waals surface area contributed by atoms with E-state index in [-0.39, 0.29) is 0 Å². The van der Waals surface area contributed by atoms with Crippen LogP contribution in [0.2, 0.25) is 0 Å². The van der Waals surface area contributed by atoms with E-state index in [1.165, 1.54) is 0 Å². The van der Waals surface area contributed by atoms with Crippen molar-refractivity contribution in [3.8, 4) is 5.82 Å². The topological polar surface area (TPSA) is 66.0 Å². The number of anilines is 1. The molecule has 88 valence electrons. The van der Waals surface area contributed by atoms with Gasteiger partial charge in [0.1, 0.15) is 0 Å². The second kappa shape index (κ2) is 4.18. The summed E-state index contributed by atoms with van der Waals surface area (Å²) >= 11 is 0. The minimum absolute atomic E-state index is 0.319. The first-order valence-corrected chi connectivity index (χ1v) is 5.69. The summed E-state index contributed by atoms with van der Waals surface area (Å²) < 4.78 is 7.09. The van der Waals surface area contributed by atoms with Gasteiger partial charge >= 0.3 is 0 Å². The first-order valence-electron chi connectivity index (χ1n) is 5.69. The van der Waals surface area contributed by atoms with Crippen molar-refractivity contribution < 1.29 is 4.74 Å². The zero-order chi connectivity index (χ0) is 11.7. The molecule has 3 heterocycles. The lowest BCUT2D eigenvalue weighted by atomic mass is 10.0. The first kappa shape index (κ1) is 10.3. The van der Waals surface area contributed by atoms with Gasteiger partial charge in [0.15, 0.2) is 5.82 Å². The minimum atomic E-state index is 0.319. The van der Waals surface area contributed by atoms with Crippen LogP contribution in [0.15, 0.2) is 30.6 Å². The van der Waals surface area contributed by atoms with Gasteiger partial charge in [-0.05, 0) is 18.6 Å². The lowest BCUT2D eigenvalue weighted by Gasteiger charge is -2.03. The third kappa shape index (κ3) is 1.89. The summed E-state index contributed by atoms with van der Waals surface area (Å²) in [6.07, 6.45) is 4.55. The van der Waals surface area contributed by atoms with Gasteiger partial charge in [-0.1, -0.05) is 6.07 Å². The van der Waals surface area contributed by atoms with Crippen molar-refractivity contribution in [1.29, 1.82) is 0 Å². The van der Waals surface area contributed by atoms with Crippen LogP contribution in [0.5, 0.6) is 0 Å². The molecule has 1 atom stereocenters. The van der Waals surface area contributed by atoms with Crippen molar-refractivity contribution >= 4 is 5.69 Å². The summed E-state index contributed by atoms with van der Waals surface area (Å²) in [5.74, 6) is 1.10. The van der Waals surface area contributed by atoms with Gasteiger partial charge < -0.3 is 10.5 Å². The number of aromatic nitrogens is 3. The Labute approximate surface area is 99.2 Å². The van der Waals surface area contributed by atoms with Crippen LogP contribution >= 0.6 is 0 Å². The van der Waals surface area contributed by atoms with Gasteiger partial charge in [0.25, 0.3) is 0 Å². The molecule has 1 saturated heterocycles. The normalized spacial score (nSPS) is 19.6. The Bertz CT molecular complexity index is 502.